The van der Waals surface area contributed by atoms with Crippen molar-refractivity contribution in [3.8, 4) is 0 Å². The highest BCUT2D eigenvalue weighted by molar-refractivity contribution is 6.58. The maximum absolute atomic E-state index is 2.32. The van der Waals surface area contributed by atoms with Crippen LogP contribution in [0.4, 0.5) is 0 Å². The van der Waals surface area contributed by atoms with E-state index in [-0.39, 0.29) is 21.2 Å². The molecular weight excluding hydrogens is 208 g/mol. The summed E-state index contributed by atoms with van der Waals surface area (Å²) in [5, 5.41) is 0. The number of rotatable bonds is 9. The standard InChI is InChI=1S/C12H27Si.ClH/c1-4-7-10-13(11-8-5-2)12-9-6-3;/h4-12H2,1-3H3;1H. The molecule has 0 fully saturated rings. The van der Waals surface area contributed by atoms with Crippen molar-refractivity contribution in [3.63, 3.8) is 0 Å². The maximum atomic E-state index is 2.32. The van der Waals surface area contributed by atoms with E-state index in [0.29, 0.717) is 0 Å². The van der Waals surface area contributed by atoms with E-state index in [0.717, 1.165) is 0 Å². The Morgan fingerprint density at radius 2 is 0.929 bits per heavy atom. The molecular formula is C12H28ClSi. The van der Waals surface area contributed by atoms with Crippen molar-refractivity contribution in [2.45, 2.75) is 77.4 Å². The Morgan fingerprint density at radius 1 is 0.643 bits per heavy atom. The van der Waals surface area contributed by atoms with Gasteiger partial charge in [0.1, 0.15) is 0 Å². The van der Waals surface area contributed by atoms with Crippen molar-refractivity contribution in [1.82, 2.24) is 0 Å². The molecule has 0 saturated carbocycles. The molecule has 0 spiro atoms. The van der Waals surface area contributed by atoms with Crippen LogP contribution in [-0.4, -0.2) is 8.80 Å². The summed E-state index contributed by atoms with van der Waals surface area (Å²) in [5.74, 6) is 0. The third kappa shape index (κ3) is 10.6. The predicted octanol–water partition coefficient (Wildman–Crippen LogP) is 5.30. The lowest BCUT2D eigenvalue weighted by Gasteiger charge is -2.13. The molecule has 0 saturated heterocycles. The molecule has 0 aromatic carbocycles. The molecule has 0 aliphatic rings. The van der Waals surface area contributed by atoms with Gasteiger partial charge in [-0.2, -0.15) is 0 Å². The van der Waals surface area contributed by atoms with Gasteiger partial charge < -0.3 is 0 Å². The topological polar surface area (TPSA) is 0 Å². The Labute approximate surface area is 98.9 Å². The van der Waals surface area contributed by atoms with Gasteiger partial charge in [0.05, 0.1) is 0 Å². The smallest absolute Gasteiger partial charge is 0.0479 e. The van der Waals surface area contributed by atoms with E-state index in [1.54, 1.807) is 18.1 Å². The minimum atomic E-state index is 0. The Bertz CT molecular complexity index is 77.3. The van der Waals surface area contributed by atoms with Crippen LogP contribution in [0, 0.1) is 0 Å². The zero-order chi connectivity index (χ0) is 9.94. The molecule has 0 aliphatic heterocycles. The first-order valence-corrected chi connectivity index (χ1v) is 8.30. The third-order valence-electron chi connectivity index (χ3n) is 2.65. The lowest BCUT2D eigenvalue weighted by atomic mass is 10.4. The van der Waals surface area contributed by atoms with Crippen LogP contribution in [0.5, 0.6) is 0 Å². The molecule has 0 amide bonds. The number of unbranched alkanes of at least 4 members (excludes halogenated alkanes) is 3. The molecule has 2 heteroatoms. The van der Waals surface area contributed by atoms with Crippen molar-refractivity contribution in [2.24, 2.45) is 0 Å². The molecule has 0 bridgehead atoms. The van der Waals surface area contributed by atoms with Gasteiger partial charge in [0.15, 0.2) is 0 Å². The van der Waals surface area contributed by atoms with Crippen molar-refractivity contribution in [1.29, 1.82) is 0 Å². The molecule has 14 heavy (non-hydrogen) atoms. The van der Waals surface area contributed by atoms with E-state index in [1.807, 2.05) is 0 Å². The fourth-order valence-corrected chi connectivity index (χ4v) is 4.97. The first-order valence-electron chi connectivity index (χ1n) is 6.18. The summed E-state index contributed by atoms with van der Waals surface area (Å²) < 4.78 is 0. The van der Waals surface area contributed by atoms with Crippen LogP contribution in [0.3, 0.4) is 0 Å². The van der Waals surface area contributed by atoms with Gasteiger partial charge in [0, 0.05) is 8.80 Å². The van der Waals surface area contributed by atoms with Gasteiger partial charge in [0.25, 0.3) is 0 Å². The van der Waals surface area contributed by atoms with Gasteiger partial charge in [-0.3, -0.25) is 0 Å². The summed E-state index contributed by atoms with van der Waals surface area (Å²) in [6, 6.07) is 4.75. The van der Waals surface area contributed by atoms with E-state index < -0.39 is 0 Å². The first kappa shape index (κ1) is 16.9. The first-order chi connectivity index (χ1) is 6.35. The summed E-state index contributed by atoms with van der Waals surface area (Å²) in [7, 11) is 0.0675. The molecule has 0 nitrogen and oxygen atoms in total. The second-order valence-electron chi connectivity index (χ2n) is 4.06. The quantitative estimate of drug-likeness (QED) is 0.476. The van der Waals surface area contributed by atoms with E-state index in [4.69, 9.17) is 0 Å². The highest BCUT2D eigenvalue weighted by Crippen LogP contribution is 2.16. The SMILES string of the molecule is CCCC[Si](CCCC)CCCC.Cl. The van der Waals surface area contributed by atoms with E-state index >= 15 is 0 Å². The minimum Gasteiger partial charge on any atom is -0.147 e. The Balaban J connectivity index is 0. The monoisotopic (exact) mass is 235 g/mol. The maximum Gasteiger partial charge on any atom is 0.0479 e. The zero-order valence-corrected chi connectivity index (χ0v) is 12.1. The molecule has 0 atom stereocenters. The summed E-state index contributed by atoms with van der Waals surface area (Å²) in [6.07, 6.45) is 8.65. The lowest BCUT2D eigenvalue weighted by molar-refractivity contribution is 0.812. The predicted molar refractivity (Wildman–Crippen MR) is 72.1 cm³/mol. The van der Waals surface area contributed by atoms with Gasteiger partial charge in [-0.05, 0) is 0 Å². The summed E-state index contributed by atoms with van der Waals surface area (Å²) in [5.41, 5.74) is 0. The third-order valence-corrected chi connectivity index (χ3v) is 5.83. The van der Waals surface area contributed by atoms with Crippen LogP contribution in [0.1, 0.15) is 59.3 Å². The van der Waals surface area contributed by atoms with Gasteiger partial charge in [-0.25, -0.2) is 0 Å². The molecule has 0 unspecified atom stereocenters. The van der Waals surface area contributed by atoms with Gasteiger partial charge >= 0.3 is 0 Å². The van der Waals surface area contributed by atoms with Crippen molar-refractivity contribution < 1.29 is 0 Å². The van der Waals surface area contributed by atoms with Crippen LogP contribution < -0.4 is 0 Å². The second kappa shape index (κ2) is 13.5. The average Bonchev–Trinajstić information content (AvgIpc) is 2.17. The van der Waals surface area contributed by atoms with Crippen LogP contribution in [0.15, 0.2) is 0 Å². The van der Waals surface area contributed by atoms with Crippen molar-refractivity contribution in [3.05, 3.63) is 0 Å². The number of hydrogen-bond donors (Lipinski definition) is 0. The van der Waals surface area contributed by atoms with Gasteiger partial charge in [-0.15, -0.1) is 12.4 Å². The van der Waals surface area contributed by atoms with Crippen LogP contribution >= 0.6 is 12.4 Å². The fraction of sp³-hybridized carbons (Fsp3) is 1.00. The largest absolute Gasteiger partial charge is 0.147 e. The van der Waals surface area contributed by atoms with Crippen molar-refractivity contribution in [2.75, 3.05) is 0 Å². The summed E-state index contributed by atoms with van der Waals surface area (Å²) in [4.78, 5) is 0. The van der Waals surface area contributed by atoms with E-state index in [9.17, 15) is 0 Å². The van der Waals surface area contributed by atoms with Crippen LogP contribution in [0.25, 0.3) is 0 Å². The minimum absolute atomic E-state index is 0. The van der Waals surface area contributed by atoms with Crippen LogP contribution in [-0.2, 0) is 0 Å². The summed E-state index contributed by atoms with van der Waals surface area (Å²) >= 11 is 0. The van der Waals surface area contributed by atoms with Gasteiger partial charge in [0.2, 0.25) is 0 Å². The highest BCUT2D eigenvalue weighted by Gasteiger charge is 2.08. The Hall–Kier alpha value is 0.507. The molecule has 0 heterocycles. The molecule has 0 aromatic heterocycles. The van der Waals surface area contributed by atoms with E-state index in [1.165, 1.54) is 38.5 Å². The zero-order valence-electron chi connectivity index (χ0n) is 10.3. The molecule has 0 rings (SSSR count). The molecule has 0 aliphatic carbocycles. The molecule has 0 aromatic rings. The number of halogens is 1. The Morgan fingerprint density at radius 3 is 1.14 bits per heavy atom. The number of hydrogen-bond acceptors (Lipinski definition) is 0. The van der Waals surface area contributed by atoms with Gasteiger partial charge in [-0.1, -0.05) is 77.4 Å². The highest BCUT2D eigenvalue weighted by atomic mass is 35.5. The Kier molecular flexibility index (Phi) is 16.3. The van der Waals surface area contributed by atoms with Crippen LogP contribution in [0.2, 0.25) is 18.1 Å². The van der Waals surface area contributed by atoms with E-state index in [2.05, 4.69) is 20.8 Å². The molecule has 87 valence electrons. The van der Waals surface area contributed by atoms with Crippen molar-refractivity contribution >= 4 is 21.2 Å². The fourth-order valence-electron chi connectivity index (χ4n) is 1.66. The molecule has 0 N–H and O–H groups in total. The average molecular weight is 236 g/mol. The summed E-state index contributed by atoms with van der Waals surface area (Å²) in [6.45, 7) is 6.96. The second-order valence-corrected chi connectivity index (χ2v) is 7.06. The lowest BCUT2D eigenvalue weighted by Crippen LogP contribution is -2.11. The molecule has 1 radical (unpaired) electrons. The normalized spacial score (nSPS) is 10.3.